The van der Waals surface area contributed by atoms with Gasteiger partial charge in [-0.25, -0.2) is 0 Å². The van der Waals surface area contributed by atoms with Crippen LogP contribution in [0.3, 0.4) is 0 Å². The highest BCUT2D eigenvalue weighted by molar-refractivity contribution is 6.09. The van der Waals surface area contributed by atoms with Crippen LogP contribution in [0.1, 0.15) is 43.0 Å². The minimum Gasteiger partial charge on any atom is -0.325 e. The molecule has 1 N–H and O–H groups in total. The third-order valence-electron chi connectivity index (χ3n) is 7.33. The number of rotatable bonds is 4. The SMILES string of the molecule is CC(=O)c1ccc(NC(=O)CN2C(=O)C3C(C2=O)C2CCC3C23CC3)cc1. The second kappa shape index (κ2) is 5.50. The van der Waals surface area contributed by atoms with Gasteiger partial charge in [-0.05, 0) is 74.1 Å². The van der Waals surface area contributed by atoms with Crippen molar-refractivity contribution in [1.82, 2.24) is 4.90 Å². The molecular weight excluding hydrogens is 344 g/mol. The number of hydrogen-bond donors (Lipinski definition) is 1. The van der Waals surface area contributed by atoms with E-state index in [1.807, 2.05) is 0 Å². The molecule has 1 aromatic carbocycles. The Morgan fingerprint density at radius 3 is 2.07 bits per heavy atom. The summed E-state index contributed by atoms with van der Waals surface area (Å²) in [6, 6.07) is 6.57. The van der Waals surface area contributed by atoms with Crippen LogP contribution in [0, 0.1) is 29.1 Å². The zero-order valence-electron chi connectivity index (χ0n) is 15.2. The van der Waals surface area contributed by atoms with Crippen LogP contribution >= 0.6 is 0 Å². The lowest BCUT2D eigenvalue weighted by atomic mass is 9.81. The first kappa shape index (κ1) is 16.7. The second-order valence-electron chi connectivity index (χ2n) is 8.52. The molecule has 3 saturated carbocycles. The molecule has 4 aliphatic rings. The molecule has 1 spiro atoms. The van der Waals surface area contributed by atoms with Gasteiger partial charge in [0.15, 0.2) is 5.78 Å². The summed E-state index contributed by atoms with van der Waals surface area (Å²) >= 11 is 0. The summed E-state index contributed by atoms with van der Waals surface area (Å²) in [6.07, 6.45) is 4.42. The number of ketones is 1. The number of amides is 3. The van der Waals surface area contributed by atoms with E-state index in [4.69, 9.17) is 0 Å². The molecule has 3 aliphatic carbocycles. The Balaban J connectivity index is 1.28. The molecule has 5 rings (SSSR count). The van der Waals surface area contributed by atoms with Crippen LogP contribution in [0.4, 0.5) is 5.69 Å². The number of benzene rings is 1. The Morgan fingerprint density at radius 2 is 1.59 bits per heavy atom. The molecule has 27 heavy (non-hydrogen) atoms. The van der Waals surface area contributed by atoms with Gasteiger partial charge in [-0.1, -0.05) is 0 Å². The number of hydrogen-bond acceptors (Lipinski definition) is 4. The van der Waals surface area contributed by atoms with Crippen LogP contribution in [0.5, 0.6) is 0 Å². The first-order valence-electron chi connectivity index (χ1n) is 9.68. The van der Waals surface area contributed by atoms with Crippen LogP contribution in [0.25, 0.3) is 0 Å². The van der Waals surface area contributed by atoms with Gasteiger partial charge in [0.2, 0.25) is 17.7 Å². The van der Waals surface area contributed by atoms with Crippen molar-refractivity contribution in [3.8, 4) is 0 Å². The fourth-order valence-electron chi connectivity index (χ4n) is 6.08. The summed E-state index contributed by atoms with van der Waals surface area (Å²) in [5, 5.41) is 2.71. The number of carbonyl (C=O) groups is 4. The maximum Gasteiger partial charge on any atom is 0.244 e. The van der Waals surface area contributed by atoms with Crippen molar-refractivity contribution in [3.63, 3.8) is 0 Å². The van der Waals surface area contributed by atoms with E-state index in [-0.39, 0.29) is 47.3 Å². The fourth-order valence-corrected chi connectivity index (χ4v) is 6.08. The Hall–Kier alpha value is -2.50. The lowest BCUT2D eigenvalue weighted by Crippen LogP contribution is -2.40. The molecule has 1 aromatic rings. The number of anilines is 1. The van der Waals surface area contributed by atoms with Gasteiger partial charge in [-0.15, -0.1) is 0 Å². The molecule has 4 atom stereocenters. The minimum atomic E-state index is -0.388. The normalized spacial score (nSPS) is 32.1. The molecule has 0 aromatic heterocycles. The topological polar surface area (TPSA) is 83.6 Å². The lowest BCUT2D eigenvalue weighted by Gasteiger charge is -2.21. The van der Waals surface area contributed by atoms with Gasteiger partial charge in [0.05, 0.1) is 11.8 Å². The van der Waals surface area contributed by atoms with Crippen molar-refractivity contribution in [2.45, 2.75) is 32.6 Å². The number of carbonyl (C=O) groups excluding carboxylic acids is 4. The van der Waals surface area contributed by atoms with E-state index in [0.29, 0.717) is 23.1 Å². The van der Waals surface area contributed by atoms with Crippen molar-refractivity contribution in [2.24, 2.45) is 29.1 Å². The summed E-state index contributed by atoms with van der Waals surface area (Å²) < 4.78 is 0. The van der Waals surface area contributed by atoms with E-state index in [1.54, 1.807) is 24.3 Å². The van der Waals surface area contributed by atoms with Gasteiger partial charge in [0, 0.05) is 11.3 Å². The average molecular weight is 366 g/mol. The van der Waals surface area contributed by atoms with Gasteiger partial charge < -0.3 is 5.32 Å². The first-order valence-corrected chi connectivity index (χ1v) is 9.68. The van der Waals surface area contributed by atoms with Crippen molar-refractivity contribution in [3.05, 3.63) is 29.8 Å². The molecule has 140 valence electrons. The summed E-state index contributed by atoms with van der Waals surface area (Å²) in [5.74, 6) is -0.428. The summed E-state index contributed by atoms with van der Waals surface area (Å²) in [4.78, 5) is 50.7. The molecule has 0 radical (unpaired) electrons. The van der Waals surface area contributed by atoms with E-state index in [2.05, 4.69) is 5.32 Å². The highest BCUT2D eigenvalue weighted by Crippen LogP contribution is 2.75. The third-order valence-corrected chi connectivity index (χ3v) is 7.33. The molecule has 1 saturated heterocycles. The largest absolute Gasteiger partial charge is 0.325 e. The van der Waals surface area contributed by atoms with Crippen LogP contribution in [-0.4, -0.2) is 34.9 Å². The lowest BCUT2D eigenvalue weighted by molar-refractivity contribution is -0.143. The van der Waals surface area contributed by atoms with Gasteiger partial charge in [-0.3, -0.25) is 24.1 Å². The van der Waals surface area contributed by atoms with Gasteiger partial charge in [0.1, 0.15) is 6.54 Å². The number of nitrogens with one attached hydrogen (secondary N) is 1. The molecule has 3 amide bonds. The van der Waals surface area contributed by atoms with E-state index in [1.165, 1.54) is 11.8 Å². The summed E-state index contributed by atoms with van der Waals surface area (Å²) in [7, 11) is 0. The number of likely N-dealkylation sites (tertiary alicyclic amines) is 1. The Kier molecular flexibility index (Phi) is 3.39. The molecule has 4 unspecified atom stereocenters. The predicted octanol–water partition coefficient (Wildman–Crippen LogP) is 2.25. The van der Waals surface area contributed by atoms with E-state index >= 15 is 0 Å². The monoisotopic (exact) mass is 366 g/mol. The zero-order valence-corrected chi connectivity index (χ0v) is 15.2. The highest BCUT2D eigenvalue weighted by Gasteiger charge is 2.74. The molecule has 1 aliphatic heterocycles. The number of Topliss-reactive ketones (excluding diaryl/α,β-unsaturated/α-hetero) is 1. The maximum absolute atomic E-state index is 12.9. The summed E-state index contributed by atoms with van der Waals surface area (Å²) in [6.45, 7) is 1.25. The maximum atomic E-state index is 12.9. The number of fused-ring (bicyclic) bond motifs is 3. The van der Waals surface area contributed by atoms with E-state index < -0.39 is 0 Å². The fraction of sp³-hybridized carbons (Fsp3) is 0.524. The van der Waals surface area contributed by atoms with E-state index in [0.717, 1.165) is 25.7 Å². The molecular formula is C21H22N2O4. The molecule has 4 fully saturated rings. The molecule has 1 heterocycles. The molecule has 2 bridgehead atoms. The standard InChI is InChI=1S/C21H22N2O4/c1-11(24)12-2-4-13(5-3-12)22-16(25)10-23-19(26)17-14-6-7-15(18(17)20(23)27)21(14)8-9-21/h2-5,14-15,17-18H,6-10H2,1H3,(H,22,25). The van der Waals surface area contributed by atoms with E-state index in [9.17, 15) is 19.2 Å². The van der Waals surface area contributed by atoms with Crippen LogP contribution < -0.4 is 5.32 Å². The second-order valence-corrected chi connectivity index (χ2v) is 8.52. The number of nitrogens with zero attached hydrogens (tertiary/aromatic N) is 1. The zero-order chi connectivity index (χ0) is 18.9. The number of imide groups is 1. The van der Waals surface area contributed by atoms with Crippen molar-refractivity contribution in [1.29, 1.82) is 0 Å². The van der Waals surface area contributed by atoms with Gasteiger partial charge >= 0.3 is 0 Å². The molecule has 6 heteroatoms. The van der Waals surface area contributed by atoms with Crippen molar-refractivity contribution in [2.75, 3.05) is 11.9 Å². The van der Waals surface area contributed by atoms with Crippen molar-refractivity contribution >= 4 is 29.2 Å². The highest BCUT2D eigenvalue weighted by atomic mass is 16.2. The summed E-state index contributed by atoms with van der Waals surface area (Å²) in [5.41, 5.74) is 1.38. The van der Waals surface area contributed by atoms with Crippen molar-refractivity contribution < 1.29 is 19.2 Å². The minimum absolute atomic E-state index is 0.0456. The smallest absolute Gasteiger partial charge is 0.244 e. The Morgan fingerprint density at radius 1 is 1.04 bits per heavy atom. The first-order chi connectivity index (χ1) is 12.9. The Labute approximate surface area is 157 Å². The van der Waals surface area contributed by atoms with Gasteiger partial charge in [-0.2, -0.15) is 0 Å². The third kappa shape index (κ3) is 2.25. The van der Waals surface area contributed by atoms with Crippen LogP contribution in [-0.2, 0) is 14.4 Å². The van der Waals surface area contributed by atoms with Crippen LogP contribution in [0.2, 0.25) is 0 Å². The average Bonchev–Trinajstić information content (AvgIpc) is 3.25. The Bertz CT molecular complexity index is 839. The van der Waals surface area contributed by atoms with Crippen LogP contribution in [0.15, 0.2) is 24.3 Å². The molecule has 6 nitrogen and oxygen atoms in total. The quantitative estimate of drug-likeness (QED) is 0.654. The van der Waals surface area contributed by atoms with Gasteiger partial charge in [0.25, 0.3) is 0 Å². The predicted molar refractivity (Wildman–Crippen MR) is 96.7 cm³/mol.